The molecule has 0 bridgehead atoms. The van der Waals surface area contributed by atoms with E-state index >= 15 is 0 Å². The zero-order valence-electron chi connectivity index (χ0n) is 14.1. The first-order valence-electron chi connectivity index (χ1n) is 8.48. The molecule has 1 aliphatic carbocycles. The van der Waals surface area contributed by atoms with E-state index in [0.717, 1.165) is 37.1 Å². The average molecular weight is 362 g/mol. The van der Waals surface area contributed by atoms with Crippen LogP contribution in [-0.2, 0) is 0 Å². The monoisotopic (exact) mass is 361 g/mol. The lowest BCUT2D eigenvalue weighted by atomic mass is 9.90. The fraction of sp³-hybridized carbons (Fsp3) is 0.368. The van der Waals surface area contributed by atoms with Gasteiger partial charge in [0.15, 0.2) is 0 Å². The van der Waals surface area contributed by atoms with Crippen LogP contribution >= 0.6 is 11.6 Å². The minimum Gasteiger partial charge on any atom is -0.365 e. The van der Waals surface area contributed by atoms with Crippen LogP contribution in [-0.4, -0.2) is 23.0 Å². The number of anilines is 1. The number of amides is 1. The molecule has 2 unspecified atom stereocenters. The van der Waals surface area contributed by atoms with Crippen LogP contribution in [0.5, 0.6) is 0 Å². The lowest BCUT2D eigenvalue weighted by molar-refractivity contribution is 0.0923. The van der Waals surface area contributed by atoms with E-state index in [1.54, 1.807) is 6.20 Å². The average Bonchev–Trinajstić information content (AvgIpc) is 2.59. The summed E-state index contributed by atoms with van der Waals surface area (Å²) in [6.45, 7) is 2.02. The first-order valence-corrected chi connectivity index (χ1v) is 8.86. The summed E-state index contributed by atoms with van der Waals surface area (Å²) in [4.78, 5) is 16.8. The molecule has 0 radical (unpaired) electrons. The third-order valence-corrected chi connectivity index (χ3v) is 4.80. The summed E-state index contributed by atoms with van der Waals surface area (Å²) in [5, 5.41) is 6.45. The van der Waals surface area contributed by atoms with Crippen molar-refractivity contribution in [3.8, 4) is 0 Å². The van der Waals surface area contributed by atoms with Crippen molar-refractivity contribution in [2.24, 2.45) is 0 Å². The summed E-state index contributed by atoms with van der Waals surface area (Å²) in [6, 6.07) is 8.07. The number of benzene rings is 1. The maximum atomic E-state index is 13.3. The Bertz CT molecular complexity index is 768. The highest BCUT2D eigenvalue weighted by Crippen LogP contribution is 2.23. The van der Waals surface area contributed by atoms with Crippen LogP contribution in [0, 0.1) is 12.7 Å². The van der Waals surface area contributed by atoms with Gasteiger partial charge in [-0.25, -0.2) is 9.37 Å². The molecule has 2 atom stereocenters. The molecular weight excluding hydrogens is 341 g/mol. The minimum atomic E-state index is -0.527. The number of aryl methyl sites for hydroxylation is 1. The van der Waals surface area contributed by atoms with E-state index in [1.807, 2.05) is 19.1 Å². The predicted octanol–water partition coefficient (Wildman–Crippen LogP) is 4.34. The Kier molecular flexibility index (Phi) is 5.53. The van der Waals surface area contributed by atoms with Crippen LogP contribution in [0.3, 0.4) is 0 Å². The van der Waals surface area contributed by atoms with Crippen LogP contribution in [0.1, 0.15) is 41.6 Å². The largest absolute Gasteiger partial charge is 0.365 e. The van der Waals surface area contributed by atoms with Crippen LogP contribution in [0.2, 0.25) is 5.02 Å². The van der Waals surface area contributed by atoms with Crippen molar-refractivity contribution in [3.05, 3.63) is 58.5 Å². The van der Waals surface area contributed by atoms with Gasteiger partial charge in [-0.05, 0) is 55.7 Å². The SMILES string of the molecule is Cc1ccnc(NC2CCCCC2NC(=O)c2ccc(F)c(Cl)c2)c1. The first kappa shape index (κ1) is 17.7. The highest BCUT2D eigenvalue weighted by molar-refractivity contribution is 6.31. The summed E-state index contributed by atoms with van der Waals surface area (Å²) in [5.41, 5.74) is 1.50. The summed E-state index contributed by atoms with van der Waals surface area (Å²) >= 11 is 5.78. The van der Waals surface area contributed by atoms with Crippen LogP contribution < -0.4 is 10.6 Å². The van der Waals surface area contributed by atoms with Crippen molar-refractivity contribution in [2.75, 3.05) is 5.32 Å². The number of hydrogen-bond acceptors (Lipinski definition) is 3. The number of pyridine rings is 1. The van der Waals surface area contributed by atoms with Gasteiger partial charge in [0.05, 0.1) is 5.02 Å². The summed E-state index contributed by atoms with van der Waals surface area (Å²) < 4.78 is 13.3. The van der Waals surface area contributed by atoms with Gasteiger partial charge in [0.2, 0.25) is 0 Å². The number of rotatable bonds is 4. The topological polar surface area (TPSA) is 54.0 Å². The molecule has 1 aromatic carbocycles. The van der Waals surface area contributed by atoms with Crippen molar-refractivity contribution in [1.82, 2.24) is 10.3 Å². The standard InChI is InChI=1S/C19H21ClFN3O/c1-12-8-9-22-18(10-12)23-16-4-2-3-5-17(16)24-19(25)13-6-7-15(21)14(20)11-13/h6-11,16-17H,2-5H2,1H3,(H,22,23)(H,24,25). The molecule has 0 spiro atoms. The van der Waals surface area contributed by atoms with Crippen LogP contribution in [0.25, 0.3) is 0 Å². The van der Waals surface area contributed by atoms with E-state index < -0.39 is 5.82 Å². The zero-order chi connectivity index (χ0) is 17.8. The van der Waals surface area contributed by atoms with E-state index in [9.17, 15) is 9.18 Å². The van der Waals surface area contributed by atoms with Gasteiger partial charge in [-0.2, -0.15) is 0 Å². The number of nitrogens with zero attached hydrogens (tertiary/aromatic N) is 1. The van der Waals surface area contributed by atoms with Gasteiger partial charge in [0.1, 0.15) is 11.6 Å². The smallest absolute Gasteiger partial charge is 0.251 e. The van der Waals surface area contributed by atoms with Gasteiger partial charge in [-0.3, -0.25) is 4.79 Å². The Hall–Kier alpha value is -2.14. The van der Waals surface area contributed by atoms with Gasteiger partial charge in [-0.15, -0.1) is 0 Å². The lowest BCUT2D eigenvalue weighted by Gasteiger charge is -2.33. The number of aromatic nitrogens is 1. The highest BCUT2D eigenvalue weighted by atomic mass is 35.5. The Labute approximate surface area is 151 Å². The van der Waals surface area contributed by atoms with Crippen molar-refractivity contribution in [3.63, 3.8) is 0 Å². The van der Waals surface area contributed by atoms with E-state index in [1.165, 1.54) is 18.2 Å². The number of carbonyl (C=O) groups excluding carboxylic acids is 1. The molecular formula is C19H21ClFN3O. The summed E-state index contributed by atoms with van der Waals surface area (Å²) in [5.74, 6) is 0.0507. The van der Waals surface area contributed by atoms with Gasteiger partial charge < -0.3 is 10.6 Å². The van der Waals surface area contributed by atoms with Gasteiger partial charge in [0.25, 0.3) is 5.91 Å². The van der Waals surface area contributed by atoms with Crippen molar-refractivity contribution in [1.29, 1.82) is 0 Å². The fourth-order valence-electron chi connectivity index (χ4n) is 3.17. The quantitative estimate of drug-likeness (QED) is 0.851. The van der Waals surface area contributed by atoms with E-state index in [4.69, 9.17) is 11.6 Å². The van der Waals surface area contributed by atoms with Crippen molar-refractivity contribution < 1.29 is 9.18 Å². The van der Waals surface area contributed by atoms with Gasteiger partial charge in [0, 0.05) is 23.8 Å². The molecule has 1 aromatic heterocycles. The molecule has 0 aliphatic heterocycles. The Morgan fingerprint density at radius 3 is 2.68 bits per heavy atom. The third kappa shape index (κ3) is 4.48. The number of carbonyl (C=O) groups is 1. The fourth-order valence-corrected chi connectivity index (χ4v) is 3.35. The van der Waals surface area contributed by atoms with Crippen LogP contribution in [0.15, 0.2) is 36.5 Å². The minimum absolute atomic E-state index is 0.00705. The predicted molar refractivity (Wildman–Crippen MR) is 97.5 cm³/mol. The van der Waals surface area contributed by atoms with Gasteiger partial charge in [-0.1, -0.05) is 24.4 Å². The lowest BCUT2D eigenvalue weighted by Crippen LogP contribution is -2.48. The first-order chi connectivity index (χ1) is 12.0. The Morgan fingerprint density at radius 2 is 1.96 bits per heavy atom. The second kappa shape index (κ2) is 7.83. The van der Waals surface area contributed by atoms with E-state index in [2.05, 4.69) is 15.6 Å². The molecule has 2 aromatic rings. The number of nitrogens with one attached hydrogen (secondary N) is 2. The molecule has 1 aliphatic rings. The number of halogens is 2. The second-order valence-electron chi connectivity index (χ2n) is 6.46. The van der Waals surface area contributed by atoms with Crippen LogP contribution in [0.4, 0.5) is 10.2 Å². The number of hydrogen-bond donors (Lipinski definition) is 2. The van der Waals surface area contributed by atoms with E-state index in [0.29, 0.717) is 5.56 Å². The third-order valence-electron chi connectivity index (χ3n) is 4.51. The molecule has 1 fully saturated rings. The molecule has 1 amide bonds. The summed E-state index contributed by atoms with van der Waals surface area (Å²) in [7, 11) is 0. The van der Waals surface area contributed by atoms with Crippen molar-refractivity contribution in [2.45, 2.75) is 44.7 Å². The maximum absolute atomic E-state index is 13.3. The molecule has 1 saturated carbocycles. The Morgan fingerprint density at radius 1 is 1.20 bits per heavy atom. The van der Waals surface area contributed by atoms with Crippen molar-refractivity contribution >= 4 is 23.3 Å². The normalized spacial score (nSPS) is 20.1. The molecule has 0 saturated heterocycles. The maximum Gasteiger partial charge on any atom is 0.251 e. The van der Waals surface area contributed by atoms with E-state index in [-0.39, 0.29) is 23.0 Å². The molecule has 4 nitrogen and oxygen atoms in total. The molecule has 3 rings (SSSR count). The highest BCUT2D eigenvalue weighted by Gasteiger charge is 2.27. The molecule has 25 heavy (non-hydrogen) atoms. The molecule has 1 heterocycles. The zero-order valence-corrected chi connectivity index (χ0v) is 14.8. The molecule has 2 N–H and O–H groups in total. The second-order valence-corrected chi connectivity index (χ2v) is 6.87. The van der Waals surface area contributed by atoms with Gasteiger partial charge >= 0.3 is 0 Å². The molecule has 132 valence electrons. The molecule has 6 heteroatoms. The summed E-state index contributed by atoms with van der Waals surface area (Å²) in [6.07, 6.45) is 5.80. The Balaban J connectivity index is 1.70.